The van der Waals surface area contributed by atoms with Crippen LogP contribution in [0.25, 0.3) is 21.8 Å². The number of aromatic amines is 2. The summed E-state index contributed by atoms with van der Waals surface area (Å²) in [5.41, 5.74) is 1.72. The van der Waals surface area contributed by atoms with Crippen molar-refractivity contribution >= 4 is 27.5 Å². The molecule has 2 aromatic heterocycles. The van der Waals surface area contributed by atoms with E-state index < -0.39 is 4.92 Å². The van der Waals surface area contributed by atoms with Gasteiger partial charge >= 0.3 is 0 Å². The van der Waals surface area contributed by atoms with Crippen molar-refractivity contribution in [2.45, 2.75) is 6.92 Å². The van der Waals surface area contributed by atoms with Crippen LogP contribution < -0.4 is 5.56 Å². The van der Waals surface area contributed by atoms with E-state index in [0.29, 0.717) is 16.4 Å². The van der Waals surface area contributed by atoms with Gasteiger partial charge in [-0.05, 0) is 18.6 Å². The Morgan fingerprint density at radius 1 is 1.33 bits per heavy atom. The van der Waals surface area contributed by atoms with Crippen molar-refractivity contribution in [3.05, 3.63) is 50.4 Å². The molecule has 3 aromatic rings. The highest BCUT2D eigenvalue weighted by Crippen LogP contribution is 2.27. The summed E-state index contributed by atoms with van der Waals surface area (Å²) in [6.45, 7) is 1.86. The SMILES string of the molecule is Cc1c[nH]c2c(=O)[nH]c3ccc([N+](=O)[O-])cc3c12. The summed E-state index contributed by atoms with van der Waals surface area (Å²) < 4.78 is 0. The Hall–Kier alpha value is -2.63. The second kappa shape index (κ2) is 3.43. The van der Waals surface area contributed by atoms with E-state index in [-0.39, 0.29) is 11.2 Å². The average molecular weight is 243 g/mol. The van der Waals surface area contributed by atoms with Crippen LogP contribution in [0.1, 0.15) is 5.56 Å². The second-order valence-corrected chi connectivity index (χ2v) is 4.16. The monoisotopic (exact) mass is 243 g/mol. The molecular formula is C12H9N3O3. The maximum absolute atomic E-state index is 11.8. The average Bonchev–Trinajstić information content (AvgIpc) is 2.72. The van der Waals surface area contributed by atoms with Crippen LogP contribution in [0.15, 0.2) is 29.2 Å². The number of rotatable bonds is 1. The van der Waals surface area contributed by atoms with Gasteiger partial charge in [0.1, 0.15) is 5.52 Å². The van der Waals surface area contributed by atoms with E-state index in [4.69, 9.17) is 0 Å². The van der Waals surface area contributed by atoms with Gasteiger partial charge in [-0.15, -0.1) is 0 Å². The largest absolute Gasteiger partial charge is 0.356 e. The number of nitrogens with one attached hydrogen (secondary N) is 2. The summed E-state index contributed by atoms with van der Waals surface area (Å²) in [7, 11) is 0. The van der Waals surface area contributed by atoms with Crippen LogP contribution in [-0.4, -0.2) is 14.9 Å². The minimum atomic E-state index is -0.446. The topological polar surface area (TPSA) is 91.8 Å². The Kier molecular flexibility index (Phi) is 2.00. The molecule has 0 radical (unpaired) electrons. The van der Waals surface area contributed by atoms with Gasteiger partial charge in [-0.1, -0.05) is 0 Å². The highest BCUT2D eigenvalue weighted by molar-refractivity contribution is 6.06. The number of hydrogen-bond acceptors (Lipinski definition) is 3. The van der Waals surface area contributed by atoms with Gasteiger partial charge in [0.2, 0.25) is 0 Å². The van der Waals surface area contributed by atoms with Crippen molar-refractivity contribution in [1.82, 2.24) is 9.97 Å². The van der Waals surface area contributed by atoms with Crippen LogP contribution in [0, 0.1) is 17.0 Å². The minimum absolute atomic E-state index is 0.0106. The molecule has 2 N–H and O–H groups in total. The summed E-state index contributed by atoms with van der Waals surface area (Å²) in [5.74, 6) is 0. The summed E-state index contributed by atoms with van der Waals surface area (Å²) in [6, 6.07) is 4.42. The molecule has 90 valence electrons. The fraction of sp³-hybridized carbons (Fsp3) is 0.0833. The number of nitro benzene ring substituents is 1. The quantitative estimate of drug-likeness (QED) is 0.507. The molecule has 1 aromatic carbocycles. The van der Waals surface area contributed by atoms with E-state index in [1.165, 1.54) is 12.1 Å². The standard InChI is InChI=1S/C12H9N3O3/c1-6-5-13-11-10(6)8-4-7(15(17)18)2-3-9(8)14-12(11)16/h2-5,13H,1H3,(H,14,16). The molecule has 2 heterocycles. The van der Waals surface area contributed by atoms with Gasteiger partial charge in [-0.2, -0.15) is 0 Å². The van der Waals surface area contributed by atoms with E-state index in [1.807, 2.05) is 6.92 Å². The zero-order chi connectivity index (χ0) is 12.9. The van der Waals surface area contributed by atoms with E-state index >= 15 is 0 Å². The van der Waals surface area contributed by atoms with Crippen LogP contribution in [0.3, 0.4) is 0 Å². The highest BCUT2D eigenvalue weighted by Gasteiger charge is 2.12. The number of H-pyrrole nitrogens is 2. The minimum Gasteiger partial charge on any atom is -0.356 e. The van der Waals surface area contributed by atoms with E-state index in [0.717, 1.165) is 10.9 Å². The Morgan fingerprint density at radius 2 is 2.11 bits per heavy atom. The maximum Gasteiger partial charge on any atom is 0.272 e. The summed E-state index contributed by atoms with van der Waals surface area (Å²) in [6.07, 6.45) is 1.72. The Bertz CT molecular complexity index is 845. The highest BCUT2D eigenvalue weighted by atomic mass is 16.6. The molecule has 0 atom stereocenters. The lowest BCUT2D eigenvalue weighted by Crippen LogP contribution is -2.06. The smallest absolute Gasteiger partial charge is 0.272 e. The van der Waals surface area contributed by atoms with E-state index in [1.54, 1.807) is 12.3 Å². The van der Waals surface area contributed by atoms with Gasteiger partial charge in [-0.3, -0.25) is 14.9 Å². The summed E-state index contributed by atoms with van der Waals surface area (Å²) in [4.78, 5) is 27.7. The predicted molar refractivity (Wildman–Crippen MR) is 67.8 cm³/mol. The Balaban J connectivity index is 2.57. The third-order valence-corrected chi connectivity index (χ3v) is 3.04. The number of aromatic nitrogens is 2. The molecule has 0 saturated heterocycles. The van der Waals surface area contributed by atoms with Gasteiger partial charge in [0, 0.05) is 34.6 Å². The van der Waals surface area contributed by atoms with Crippen LogP contribution >= 0.6 is 0 Å². The van der Waals surface area contributed by atoms with Crippen molar-refractivity contribution in [2.75, 3.05) is 0 Å². The number of benzene rings is 1. The molecule has 0 amide bonds. The van der Waals surface area contributed by atoms with Crippen LogP contribution in [0.2, 0.25) is 0 Å². The summed E-state index contributed by atoms with van der Waals surface area (Å²) >= 11 is 0. The normalized spacial score (nSPS) is 11.2. The third-order valence-electron chi connectivity index (χ3n) is 3.04. The van der Waals surface area contributed by atoms with Gasteiger partial charge in [-0.25, -0.2) is 0 Å². The molecular weight excluding hydrogens is 234 g/mol. The molecule has 3 rings (SSSR count). The number of nitro groups is 1. The van der Waals surface area contributed by atoms with Gasteiger partial charge in [0.05, 0.1) is 4.92 Å². The number of aryl methyl sites for hydroxylation is 1. The van der Waals surface area contributed by atoms with Crippen LogP contribution in [0.5, 0.6) is 0 Å². The Labute approximate surface area is 100 Å². The van der Waals surface area contributed by atoms with Crippen LogP contribution in [0.4, 0.5) is 5.69 Å². The van der Waals surface area contributed by atoms with Gasteiger partial charge < -0.3 is 9.97 Å². The molecule has 0 saturated carbocycles. The number of pyridine rings is 1. The molecule has 0 aliphatic carbocycles. The number of non-ortho nitro benzene ring substituents is 1. The number of hydrogen-bond donors (Lipinski definition) is 2. The first-order chi connectivity index (χ1) is 8.58. The Morgan fingerprint density at radius 3 is 2.83 bits per heavy atom. The molecule has 0 unspecified atom stereocenters. The molecule has 0 bridgehead atoms. The first kappa shape index (κ1) is 10.5. The first-order valence-corrected chi connectivity index (χ1v) is 5.36. The maximum atomic E-state index is 11.8. The fourth-order valence-electron chi connectivity index (χ4n) is 2.19. The molecule has 6 nitrogen and oxygen atoms in total. The zero-order valence-corrected chi connectivity index (χ0v) is 9.48. The lowest BCUT2D eigenvalue weighted by Gasteiger charge is -2.01. The molecule has 0 spiro atoms. The number of nitrogens with zero attached hydrogens (tertiary/aromatic N) is 1. The van der Waals surface area contributed by atoms with Crippen molar-refractivity contribution in [1.29, 1.82) is 0 Å². The summed E-state index contributed by atoms with van der Waals surface area (Å²) in [5, 5.41) is 12.2. The van der Waals surface area contributed by atoms with Crippen molar-refractivity contribution < 1.29 is 4.92 Å². The predicted octanol–water partition coefficient (Wildman–Crippen LogP) is 2.23. The van der Waals surface area contributed by atoms with Crippen molar-refractivity contribution in [3.8, 4) is 0 Å². The zero-order valence-electron chi connectivity index (χ0n) is 9.48. The lowest BCUT2D eigenvalue weighted by molar-refractivity contribution is -0.384. The molecule has 18 heavy (non-hydrogen) atoms. The third kappa shape index (κ3) is 1.32. The molecule has 6 heteroatoms. The van der Waals surface area contributed by atoms with Gasteiger partial charge in [0.25, 0.3) is 11.2 Å². The number of fused-ring (bicyclic) bond motifs is 3. The van der Waals surface area contributed by atoms with Crippen molar-refractivity contribution in [2.24, 2.45) is 0 Å². The van der Waals surface area contributed by atoms with Crippen molar-refractivity contribution in [3.63, 3.8) is 0 Å². The van der Waals surface area contributed by atoms with E-state index in [9.17, 15) is 14.9 Å². The lowest BCUT2D eigenvalue weighted by atomic mass is 10.1. The molecule has 0 aliphatic heterocycles. The fourth-order valence-corrected chi connectivity index (χ4v) is 2.19. The first-order valence-electron chi connectivity index (χ1n) is 5.36. The van der Waals surface area contributed by atoms with E-state index in [2.05, 4.69) is 9.97 Å². The second-order valence-electron chi connectivity index (χ2n) is 4.16. The van der Waals surface area contributed by atoms with Gasteiger partial charge in [0.15, 0.2) is 0 Å². The molecule has 0 fully saturated rings. The van der Waals surface area contributed by atoms with Crippen LogP contribution in [-0.2, 0) is 0 Å². The molecule has 0 aliphatic rings.